The third-order valence-electron chi connectivity index (χ3n) is 1.69. The maximum absolute atomic E-state index is 4.21. The molecule has 0 aliphatic rings. The van der Waals surface area contributed by atoms with Crippen LogP contribution in [0.5, 0.6) is 0 Å². The van der Waals surface area contributed by atoms with Gasteiger partial charge in [0.05, 0.1) is 6.67 Å². The summed E-state index contributed by atoms with van der Waals surface area (Å²) in [5.41, 5.74) is 0. The first kappa shape index (κ1) is 10.6. The first-order chi connectivity index (χ1) is 5.22. The van der Waals surface area contributed by atoms with Gasteiger partial charge in [-0.1, -0.05) is 6.92 Å². The average molecular weight is 156 g/mol. The second-order valence-corrected chi connectivity index (χ2v) is 2.99. The van der Waals surface area contributed by atoms with Gasteiger partial charge in [-0.3, -0.25) is 9.89 Å². The van der Waals surface area contributed by atoms with E-state index in [0.717, 1.165) is 13.2 Å². The molecule has 0 aliphatic heterocycles. The molecule has 0 aromatic rings. The van der Waals surface area contributed by atoms with Crippen molar-refractivity contribution in [2.24, 2.45) is 4.99 Å². The molecule has 0 atom stereocenters. The second-order valence-electron chi connectivity index (χ2n) is 2.99. The Morgan fingerprint density at radius 2 is 2.09 bits per heavy atom. The molecule has 0 spiro atoms. The molecule has 2 heteroatoms. The fraction of sp³-hybridized carbons (Fsp3) is 0.889. The van der Waals surface area contributed by atoms with Gasteiger partial charge in [-0.2, -0.15) is 0 Å². The quantitative estimate of drug-likeness (QED) is 0.557. The van der Waals surface area contributed by atoms with Crippen LogP contribution in [0, 0.1) is 0 Å². The van der Waals surface area contributed by atoms with Crippen LogP contribution >= 0.6 is 0 Å². The SMILES string of the molecule is CC=NCN(CCC)C(C)C. The van der Waals surface area contributed by atoms with Crippen molar-refractivity contribution in [1.82, 2.24) is 4.90 Å². The third-order valence-corrected chi connectivity index (χ3v) is 1.69. The molecule has 0 radical (unpaired) electrons. The molecule has 2 nitrogen and oxygen atoms in total. The van der Waals surface area contributed by atoms with Crippen molar-refractivity contribution in [2.45, 2.75) is 40.2 Å². The molecule has 0 unspecified atom stereocenters. The average Bonchev–Trinajstić information content (AvgIpc) is 1.97. The standard InChI is InChI=1S/C9H20N2/c1-5-7-11(9(3)4)8-10-6-2/h6,9H,5,7-8H2,1-4H3. The maximum Gasteiger partial charge on any atom is 0.0907 e. The zero-order chi connectivity index (χ0) is 8.69. The molecule has 0 heterocycles. The van der Waals surface area contributed by atoms with E-state index in [1.165, 1.54) is 6.42 Å². The van der Waals surface area contributed by atoms with Crippen molar-refractivity contribution in [2.75, 3.05) is 13.2 Å². The number of nitrogens with zero attached hydrogens (tertiary/aromatic N) is 2. The lowest BCUT2D eigenvalue weighted by Crippen LogP contribution is -2.31. The predicted molar refractivity (Wildman–Crippen MR) is 51.2 cm³/mol. The molecular formula is C9H20N2. The largest absolute Gasteiger partial charge is 0.282 e. The smallest absolute Gasteiger partial charge is 0.0907 e. The lowest BCUT2D eigenvalue weighted by molar-refractivity contribution is 0.230. The monoisotopic (exact) mass is 156 g/mol. The predicted octanol–water partition coefficient (Wildman–Crippen LogP) is 2.16. The summed E-state index contributed by atoms with van der Waals surface area (Å²) >= 11 is 0. The van der Waals surface area contributed by atoms with E-state index >= 15 is 0 Å². The molecule has 0 saturated carbocycles. The van der Waals surface area contributed by atoms with Gasteiger partial charge in [-0.15, -0.1) is 0 Å². The highest BCUT2D eigenvalue weighted by atomic mass is 15.2. The molecular weight excluding hydrogens is 136 g/mol. The first-order valence-corrected chi connectivity index (χ1v) is 4.40. The van der Waals surface area contributed by atoms with Crippen molar-refractivity contribution >= 4 is 6.21 Å². The van der Waals surface area contributed by atoms with Crippen molar-refractivity contribution < 1.29 is 0 Å². The minimum absolute atomic E-state index is 0.610. The Morgan fingerprint density at radius 3 is 2.45 bits per heavy atom. The van der Waals surface area contributed by atoms with Crippen LogP contribution in [-0.4, -0.2) is 30.4 Å². The lowest BCUT2D eigenvalue weighted by Gasteiger charge is -2.23. The zero-order valence-corrected chi connectivity index (χ0v) is 8.17. The van der Waals surface area contributed by atoms with E-state index in [1.807, 2.05) is 13.1 Å². The van der Waals surface area contributed by atoms with Crippen LogP contribution in [0.1, 0.15) is 34.1 Å². The number of hydrogen-bond acceptors (Lipinski definition) is 2. The van der Waals surface area contributed by atoms with Crippen LogP contribution in [0.4, 0.5) is 0 Å². The first-order valence-electron chi connectivity index (χ1n) is 4.40. The van der Waals surface area contributed by atoms with Crippen molar-refractivity contribution in [3.8, 4) is 0 Å². The lowest BCUT2D eigenvalue weighted by atomic mass is 10.3. The van der Waals surface area contributed by atoms with E-state index in [1.54, 1.807) is 0 Å². The molecule has 0 aliphatic carbocycles. The van der Waals surface area contributed by atoms with Gasteiger partial charge in [-0.05, 0) is 40.0 Å². The Labute approximate surface area is 70.3 Å². The Morgan fingerprint density at radius 1 is 1.45 bits per heavy atom. The number of hydrogen-bond donors (Lipinski definition) is 0. The van der Waals surface area contributed by atoms with E-state index < -0.39 is 0 Å². The Balaban J connectivity index is 3.69. The highest BCUT2D eigenvalue weighted by molar-refractivity contribution is 5.53. The van der Waals surface area contributed by atoms with Gasteiger partial charge in [0.2, 0.25) is 0 Å². The van der Waals surface area contributed by atoms with Crippen LogP contribution in [0.25, 0.3) is 0 Å². The zero-order valence-electron chi connectivity index (χ0n) is 8.17. The Kier molecular flexibility index (Phi) is 6.13. The Hall–Kier alpha value is -0.370. The van der Waals surface area contributed by atoms with Gasteiger partial charge in [0.1, 0.15) is 0 Å². The summed E-state index contributed by atoms with van der Waals surface area (Å²) in [5, 5.41) is 0. The maximum atomic E-state index is 4.21. The summed E-state index contributed by atoms with van der Waals surface area (Å²) in [5.74, 6) is 0. The van der Waals surface area contributed by atoms with Gasteiger partial charge < -0.3 is 0 Å². The molecule has 0 aromatic carbocycles. The van der Waals surface area contributed by atoms with E-state index in [0.29, 0.717) is 6.04 Å². The van der Waals surface area contributed by atoms with Crippen molar-refractivity contribution in [3.05, 3.63) is 0 Å². The van der Waals surface area contributed by atoms with Gasteiger partial charge in [-0.25, -0.2) is 0 Å². The van der Waals surface area contributed by atoms with Crippen molar-refractivity contribution in [3.63, 3.8) is 0 Å². The molecule has 0 rings (SSSR count). The minimum Gasteiger partial charge on any atom is -0.282 e. The van der Waals surface area contributed by atoms with Gasteiger partial charge in [0.15, 0.2) is 0 Å². The van der Waals surface area contributed by atoms with E-state index in [4.69, 9.17) is 0 Å². The molecule has 0 aromatic heterocycles. The summed E-state index contributed by atoms with van der Waals surface area (Å²) in [4.78, 5) is 6.57. The van der Waals surface area contributed by atoms with Gasteiger partial charge in [0, 0.05) is 6.04 Å². The van der Waals surface area contributed by atoms with Gasteiger partial charge >= 0.3 is 0 Å². The summed E-state index contributed by atoms with van der Waals surface area (Å²) in [7, 11) is 0. The van der Waals surface area contributed by atoms with E-state index in [-0.39, 0.29) is 0 Å². The second kappa shape index (κ2) is 6.35. The normalized spacial score (nSPS) is 12.2. The molecule has 0 saturated heterocycles. The molecule has 0 amide bonds. The number of aliphatic imine (C=N–C) groups is 1. The highest BCUT2D eigenvalue weighted by Gasteiger charge is 2.05. The van der Waals surface area contributed by atoms with Crippen LogP contribution in [0.15, 0.2) is 4.99 Å². The molecule has 0 bridgehead atoms. The molecule has 11 heavy (non-hydrogen) atoms. The third kappa shape index (κ3) is 4.96. The summed E-state index contributed by atoms with van der Waals surface area (Å²) in [6, 6.07) is 0.610. The molecule has 0 fully saturated rings. The van der Waals surface area contributed by atoms with Crippen LogP contribution in [0.2, 0.25) is 0 Å². The summed E-state index contributed by atoms with van der Waals surface area (Å²) in [6.07, 6.45) is 3.07. The summed E-state index contributed by atoms with van der Waals surface area (Å²) < 4.78 is 0. The topological polar surface area (TPSA) is 15.6 Å². The minimum atomic E-state index is 0.610. The van der Waals surface area contributed by atoms with Crippen LogP contribution in [0.3, 0.4) is 0 Å². The van der Waals surface area contributed by atoms with Crippen molar-refractivity contribution in [1.29, 1.82) is 0 Å². The summed E-state index contributed by atoms with van der Waals surface area (Å²) in [6.45, 7) is 10.6. The fourth-order valence-corrected chi connectivity index (χ4v) is 0.966. The van der Waals surface area contributed by atoms with Gasteiger partial charge in [0.25, 0.3) is 0 Å². The van der Waals surface area contributed by atoms with E-state index in [2.05, 4.69) is 30.7 Å². The van der Waals surface area contributed by atoms with Crippen LogP contribution < -0.4 is 0 Å². The highest BCUT2D eigenvalue weighted by Crippen LogP contribution is 1.98. The fourth-order valence-electron chi connectivity index (χ4n) is 0.966. The van der Waals surface area contributed by atoms with E-state index in [9.17, 15) is 0 Å². The molecule has 0 N–H and O–H groups in total. The van der Waals surface area contributed by atoms with Crippen LogP contribution in [-0.2, 0) is 0 Å². The molecule has 66 valence electrons. The Bertz CT molecular complexity index is 108. The number of rotatable bonds is 5.